The quantitative estimate of drug-likeness (QED) is 0.640. The molecule has 0 saturated heterocycles. The molecule has 0 aromatic heterocycles. The molecule has 150 valence electrons. The van der Waals surface area contributed by atoms with E-state index in [2.05, 4.69) is 0 Å². The highest BCUT2D eigenvalue weighted by Crippen LogP contribution is 2.18. The molecule has 5 heteroatoms. The van der Waals surface area contributed by atoms with Crippen molar-refractivity contribution in [1.29, 1.82) is 0 Å². The van der Waals surface area contributed by atoms with Crippen molar-refractivity contribution in [1.82, 2.24) is 4.90 Å². The van der Waals surface area contributed by atoms with Crippen molar-refractivity contribution in [2.24, 2.45) is 5.92 Å². The summed E-state index contributed by atoms with van der Waals surface area (Å²) in [6.07, 6.45) is 0.0699. The van der Waals surface area contributed by atoms with Gasteiger partial charge in [-0.15, -0.1) is 0 Å². The Morgan fingerprint density at radius 3 is 2.11 bits per heavy atom. The van der Waals surface area contributed by atoms with Crippen LogP contribution in [0.1, 0.15) is 42.3 Å². The van der Waals surface area contributed by atoms with E-state index in [-0.39, 0.29) is 24.5 Å². The van der Waals surface area contributed by atoms with Gasteiger partial charge < -0.3 is 14.4 Å². The van der Waals surface area contributed by atoms with Gasteiger partial charge in [-0.25, -0.2) is 0 Å². The Kier molecular flexibility index (Phi) is 7.61. The summed E-state index contributed by atoms with van der Waals surface area (Å²) in [4.78, 5) is 26.7. The van der Waals surface area contributed by atoms with Crippen molar-refractivity contribution in [2.45, 2.75) is 40.3 Å². The minimum absolute atomic E-state index is 0.0699. The first-order valence-electron chi connectivity index (χ1n) is 9.49. The van der Waals surface area contributed by atoms with E-state index in [0.29, 0.717) is 12.1 Å². The molecule has 0 heterocycles. The highest BCUT2D eigenvalue weighted by Gasteiger charge is 2.23. The highest BCUT2D eigenvalue weighted by atomic mass is 16.5. The van der Waals surface area contributed by atoms with Gasteiger partial charge in [0.05, 0.1) is 19.1 Å². The third kappa shape index (κ3) is 6.12. The summed E-state index contributed by atoms with van der Waals surface area (Å²) < 4.78 is 10.5. The van der Waals surface area contributed by atoms with Gasteiger partial charge in [0.1, 0.15) is 5.75 Å². The highest BCUT2D eigenvalue weighted by molar-refractivity contribution is 5.94. The van der Waals surface area contributed by atoms with E-state index in [1.165, 1.54) is 7.11 Å². The number of hydrogen-bond acceptors (Lipinski definition) is 4. The number of methoxy groups -OCH3 is 1. The van der Waals surface area contributed by atoms with Gasteiger partial charge in [0.15, 0.2) is 0 Å². The first-order valence-corrected chi connectivity index (χ1v) is 9.49. The fraction of sp³-hybridized carbons (Fsp3) is 0.391. The topological polar surface area (TPSA) is 55.8 Å². The number of amides is 1. The van der Waals surface area contributed by atoms with Crippen LogP contribution in [0.3, 0.4) is 0 Å². The van der Waals surface area contributed by atoms with Gasteiger partial charge in [0.2, 0.25) is 0 Å². The monoisotopic (exact) mass is 383 g/mol. The summed E-state index contributed by atoms with van der Waals surface area (Å²) in [6, 6.07) is 15.1. The Hall–Kier alpha value is -2.82. The minimum atomic E-state index is -0.414. The molecule has 2 aromatic rings. The van der Waals surface area contributed by atoms with Crippen LogP contribution in [-0.4, -0.2) is 36.5 Å². The van der Waals surface area contributed by atoms with Crippen LogP contribution in [0.2, 0.25) is 0 Å². The maximum absolute atomic E-state index is 13.1. The van der Waals surface area contributed by atoms with E-state index in [1.54, 1.807) is 36.1 Å². The molecule has 1 atom stereocenters. The zero-order valence-corrected chi connectivity index (χ0v) is 17.3. The maximum atomic E-state index is 13.1. The summed E-state index contributed by atoms with van der Waals surface area (Å²) in [5.74, 6) is -0.155. The van der Waals surface area contributed by atoms with Gasteiger partial charge in [0, 0.05) is 18.7 Å². The van der Waals surface area contributed by atoms with E-state index in [1.807, 2.05) is 45.0 Å². The Balaban J connectivity index is 2.21. The second-order valence-corrected chi connectivity index (χ2v) is 7.29. The Morgan fingerprint density at radius 2 is 1.57 bits per heavy atom. The standard InChI is InChI=1S/C23H29NO4/c1-16(2)28-21-12-10-20(11-13-21)22(25)24(14-18(4)23(26)27-5)15-19-8-6-17(3)7-9-19/h6-13,16,18H,14-15H2,1-5H3. The van der Waals surface area contributed by atoms with Crippen LogP contribution in [0, 0.1) is 12.8 Å². The number of carbonyl (C=O) groups is 2. The van der Waals surface area contributed by atoms with Crippen molar-refractivity contribution in [3.8, 4) is 5.75 Å². The Labute approximate surface area is 167 Å². The van der Waals surface area contributed by atoms with Crippen LogP contribution < -0.4 is 4.74 Å². The largest absolute Gasteiger partial charge is 0.491 e. The molecule has 0 radical (unpaired) electrons. The summed E-state index contributed by atoms with van der Waals surface area (Å²) in [6.45, 7) is 8.40. The normalized spacial score (nSPS) is 11.8. The van der Waals surface area contributed by atoms with Crippen LogP contribution in [0.15, 0.2) is 48.5 Å². The number of nitrogens with zero attached hydrogens (tertiary/aromatic N) is 1. The Bertz CT molecular complexity index is 781. The number of carbonyl (C=O) groups excluding carboxylic acids is 2. The molecule has 0 aliphatic rings. The van der Waals surface area contributed by atoms with Crippen LogP contribution in [0.5, 0.6) is 5.75 Å². The predicted octanol–water partition coefficient (Wildman–Crippen LogP) is 4.23. The first-order chi connectivity index (χ1) is 13.3. The third-order valence-corrected chi connectivity index (χ3v) is 4.35. The van der Waals surface area contributed by atoms with E-state index in [9.17, 15) is 9.59 Å². The summed E-state index contributed by atoms with van der Waals surface area (Å²) in [7, 11) is 1.36. The molecule has 0 fully saturated rings. The summed E-state index contributed by atoms with van der Waals surface area (Å²) >= 11 is 0. The smallest absolute Gasteiger partial charge is 0.310 e. The number of rotatable bonds is 8. The molecule has 0 bridgehead atoms. The number of benzene rings is 2. The van der Waals surface area contributed by atoms with Gasteiger partial charge in [-0.1, -0.05) is 36.8 Å². The number of hydrogen-bond donors (Lipinski definition) is 0. The first kappa shape index (κ1) is 21.5. The van der Waals surface area contributed by atoms with E-state index in [4.69, 9.17) is 9.47 Å². The lowest BCUT2D eigenvalue weighted by atomic mass is 10.1. The predicted molar refractivity (Wildman–Crippen MR) is 109 cm³/mol. The Morgan fingerprint density at radius 1 is 0.964 bits per heavy atom. The average molecular weight is 383 g/mol. The second kappa shape index (κ2) is 9.93. The van der Waals surface area contributed by atoms with Gasteiger partial charge in [-0.3, -0.25) is 9.59 Å². The van der Waals surface area contributed by atoms with Gasteiger partial charge in [0.25, 0.3) is 5.91 Å². The van der Waals surface area contributed by atoms with Crippen molar-refractivity contribution >= 4 is 11.9 Å². The molecule has 0 aliphatic carbocycles. The molecule has 5 nitrogen and oxygen atoms in total. The molecular weight excluding hydrogens is 354 g/mol. The molecule has 1 amide bonds. The molecule has 28 heavy (non-hydrogen) atoms. The van der Waals surface area contributed by atoms with Gasteiger partial charge in [-0.05, 0) is 50.6 Å². The molecule has 2 rings (SSSR count). The van der Waals surface area contributed by atoms with Gasteiger partial charge >= 0.3 is 5.97 Å². The van der Waals surface area contributed by atoms with Crippen molar-refractivity contribution in [3.05, 3.63) is 65.2 Å². The zero-order chi connectivity index (χ0) is 20.7. The van der Waals surface area contributed by atoms with Crippen LogP contribution in [0.25, 0.3) is 0 Å². The van der Waals surface area contributed by atoms with Crippen LogP contribution >= 0.6 is 0 Å². The molecule has 0 spiro atoms. The van der Waals surface area contributed by atoms with Crippen molar-refractivity contribution in [2.75, 3.05) is 13.7 Å². The summed E-state index contributed by atoms with van der Waals surface area (Å²) in [5, 5.41) is 0. The molecule has 2 aromatic carbocycles. The number of aryl methyl sites for hydroxylation is 1. The lowest BCUT2D eigenvalue weighted by molar-refractivity contribution is -0.145. The van der Waals surface area contributed by atoms with Crippen molar-refractivity contribution < 1.29 is 19.1 Å². The minimum Gasteiger partial charge on any atom is -0.491 e. The SMILES string of the molecule is COC(=O)C(C)CN(Cc1ccc(C)cc1)C(=O)c1ccc(OC(C)C)cc1. The van der Waals surface area contributed by atoms with E-state index in [0.717, 1.165) is 16.9 Å². The fourth-order valence-corrected chi connectivity index (χ4v) is 2.87. The fourth-order valence-electron chi connectivity index (χ4n) is 2.87. The van der Waals surface area contributed by atoms with Gasteiger partial charge in [-0.2, -0.15) is 0 Å². The average Bonchev–Trinajstić information content (AvgIpc) is 2.68. The maximum Gasteiger partial charge on any atom is 0.310 e. The molecule has 0 aliphatic heterocycles. The number of esters is 1. The molecule has 1 unspecified atom stereocenters. The van der Waals surface area contributed by atoms with Crippen LogP contribution in [-0.2, 0) is 16.1 Å². The molecular formula is C23H29NO4. The van der Waals surface area contributed by atoms with Crippen LogP contribution in [0.4, 0.5) is 0 Å². The lowest BCUT2D eigenvalue weighted by Gasteiger charge is -2.25. The van der Waals surface area contributed by atoms with Crippen molar-refractivity contribution in [3.63, 3.8) is 0 Å². The molecule has 0 saturated carbocycles. The lowest BCUT2D eigenvalue weighted by Crippen LogP contribution is -2.36. The number of ether oxygens (including phenoxy) is 2. The molecule has 0 N–H and O–H groups in total. The second-order valence-electron chi connectivity index (χ2n) is 7.29. The zero-order valence-electron chi connectivity index (χ0n) is 17.3. The third-order valence-electron chi connectivity index (χ3n) is 4.35. The van der Waals surface area contributed by atoms with E-state index < -0.39 is 5.92 Å². The summed E-state index contributed by atoms with van der Waals surface area (Å²) in [5.41, 5.74) is 2.72. The van der Waals surface area contributed by atoms with E-state index >= 15 is 0 Å².